The average Bonchev–Trinajstić information content (AvgIpc) is 2.73. The molecule has 14 heavy (non-hydrogen) atoms. The van der Waals surface area contributed by atoms with E-state index in [1.807, 2.05) is 18.5 Å². The van der Waals surface area contributed by atoms with E-state index < -0.39 is 0 Å². The van der Waals surface area contributed by atoms with Gasteiger partial charge in [0.2, 0.25) is 0 Å². The van der Waals surface area contributed by atoms with E-state index in [4.69, 9.17) is 5.73 Å². The number of nitrogens with two attached hydrogens (primary N) is 1. The Balaban J connectivity index is 2.59. The average molecular weight is 209 g/mol. The maximum atomic E-state index is 5.83. The van der Waals surface area contributed by atoms with E-state index >= 15 is 0 Å². The van der Waals surface area contributed by atoms with Gasteiger partial charge in [0.15, 0.2) is 5.82 Å². The summed E-state index contributed by atoms with van der Waals surface area (Å²) in [6.45, 7) is 4.73. The van der Waals surface area contributed by atoms with E-state index in [0.717, 1.165) is 23.6 Å². The number of hydrogen-bond donors (Lipinski definition) is 1. The van der Waals surface area contributed by atoms with Crippen LogP contribution in [0.2, 0.25) is 0 Å². The van der Waals surface area contributed by atoms with E-state index in [1.54, 1.807) is 0 Å². The molecule has 0 unspecified atom stereocenters. The van der Waals surface area contributed by atoms with E-state index in [0.29, 0.717) is 5.00 Å². The number of aryl methyl sites for hydroxylation is 2. The molecule has 0 fully saturated rings. The summed E-state index contributed by atoms with van der Waals surface area (Å²) in [4.78, 5) is 4.19. The lowest BCUT2D eigenvalue weighted by Gasteiger charge is -2.01. The van der Waals surface area contributed by atoms with Crippen LogP contribution >= 0.6 is 11.5 Å². The Morgan fingerprint density at radius 2 is 2.36 bits per heavy atom. The van der Waals surface area contributed by atoms with Gasteiger partial charge in [-0.2, -0.15) is 9.47 Å². The highest BCUT2D eigenvalue weighted by molar-refractivity contribution is 7.10. The Hall–Kier alpha value is -1.43. The van der Waals surface area contributed by atoms with Gasteiger partial charge in [-0.15, -0.1) is 0 Å². The van der Waals surface area contributed by atoms with Gasteiger partial charge in [0.05, 0.1) is 11.3 Å². The summed E-state index contributed by atoms with van der Waals surface area (Å²) in [5, 5.41) is 4.80. The summed E-state index contributed by atoms with van der Waals surface area (Å²) in [6, 6.07) is 0. The summed E-state index contributed by atoms with van der Waals surface area (Å²) < 4.78 is 6.00. The zero-order valence-electron chi connectivity index (χ0n) is 8.06. The van der Waals surface area contributed by atoms with Gasteiger partial charge in [-0.25, -0.2) is 9.67 Å². The van der Waals surface area contributed by atoms with Crippen molar-refractivity contribution in [2.24, 2.45) is 0 Å². The molecule has 0 atom stereocenters. The van der Waals surface area contributed by atoms with Crippen LogP contribution in [0.4, 0.5) is 5.00 Å². The standard InChI is InChI=1S/C8H11N5S/c1-3-13-8(10-4-11-13)6-5(2)12-14-7(6)9/h4H,3,9H2,1-2H3. The lowest BCUT2D eigenvalue weighted by atomic mass is 10.2. The molecule has 0 aliphatic rings. The maximum Gasteiger partial charge on any atom is 0.162 e. The quantitative estimate of drug-likeness (QED) is 0.809. The van der Waals surface area contributed by atoms with E-state index in [-0.39, 0.29) is 0 Å². The van der Waals surface area contributed by atoms with E-state index in [2.05, 4.69) is 14.5 Å². The van der Waals surface area contributed by atoms with Crippen LogP contribution in [-0.4, -0.2) is 19.1 Å². The van der Waals surface area contributed by atoms with Crippen molar-refractivity contribution in [3.8, 4) is 11.4 Å². The molecule has 2 heterocycles. The number of nitrogen functional groups attached to an aromatic ring is 1. The van der Waals surface area contributed by atoms with Crippen molar-refractivity contribution in [2.45, 2.75) is 20.4 Å². The number of rotatable bonds is 2. The number of aromatic nitrogens is 4. The summed E-state index contributed by atoms with van der Waals surface area (Å²) in [6.07, 6.45) is 1.54. The summed E-state index contributed by atoms with van der Waals surface area (Å²) in [5.74, 6) is 0.802. The van der Waals surface area contributed by atoms with Gasteiger partial charge in [-0.1, -0.05) is 0 Å². The van der Waals surface area contributed by atoms with Gasteiger partial charge in [0.1, 0.15) is 11.3 Å². The molecule has 0 aliphatic carbocycles. The Morgan fingerprint density at radius 3 is 2.93 bits per heavy atom. The molecule has 0 aromatic carbocycles. The molecule has 6 heteroatoms. The second kappa shape index (κ2) is 3.38. The van der Waals surface area contributed by atoms with Crippen molar-refractivity contribution in [1.29, 1.82) is 0 Å². The van der Waals surface area contributed by atoms with Crippen molar-refractivity contribution in [3.63, 3.8) is 0 Å². The molecule has 2 rings (SSSR count). The minimum absolute atomic E-state index is 0.699. The van der Waals surface area contributed by atoms with E-state index in [9.17, 15) is 0 Å². The Morgan fingerprint density at radius 1 is 1.57 bits per heavy atom. The van der Waals surface area contributed by atoms with Crippen LogP contribution in [0, 0.1) is 6.92 Å². The van der Waals surface area contributed by atoms with Gasteiger partial charge in [-0.05, 0) is 25.4 Å². The first-order chi connectivity index (χ1) is 6.74. The Bertz CT molecular complexity index is 425. The predicted octanol–water partition coefficient (Wildman–Crippen LogP) is 1.31. The highest BCUT2D eigenvalue weighted by Crippen LogP contribution is 2.30. The molecule has 2 N–H and O–H groups in total. The largest absolute Gasteiger partial charge is 0.389 e. The molecule has 2 aromatic heterocycles. The zero-order valence-corrected chi connectivity index (χ0v) is 8.88. The number of nitrogens with zero attached hydrogens (tertiary/aromatic N) is 4. The fourth-order valence-electron chi connectivity index (χ4n) is 1.35. The van der Waals surface area contributed by atoms with Crippen LogP contribution in [-0.2, 0) is 6.54 Å². The van der Waals surface area contributed by atoms with Crippen LogP contribution in [0.25, 0.3) is 11.4 Å². The van der Waals surface area contributed by atoms with Crippen LogP contribution in [0.5, 0.6) is 0 Å². The molecule has 0 spiro atoms. The molecule has 0 saturated carbocycles. The Labute approximate surface area is 85.8 Å². The van der Waals surface area contributed by atoms with Crippen molar-refractivity contribution in [1.82, 2.24) is 19.1 Å². The first-order valence-electron chi connectivity index (χ1n) is 4.34. The molecule has 0 radical (unpaired) electrons. The van der Waals surface area contributed by atoms with Crippen LogP contribution in [0.3, 0.4) is 0 Å². The molecule has 5 nitrogen and oxygen atoms in total. The molecule has 0 amide bonds. The highest BCUT2D eigenvalue weighted by atomic mass is 32.1. The van der Waals surface area contributed by atoms with Gasteiger partial charge in [-0.3, -0.25) is 0 Å². The van der Waals surface area contributed by atoms with Crippen LogP contribution in [0.15, 0.2) is 6.33 Å². The third-order valence-electron chi connectivity index (χ3n) is 2.03. The van der Waals surface area contributed by atoms with Crippen molar-refractivity contribution >= 4 is 16.5 Å². The minimum Gasteiger partial charge on any atom is -0.389 e. The third-order valence-corrected chi connectivity index (χ3v) is 2.79. The second-order valence-corrected chi connectivity index (χ2v) is 3.71. The van der Waals surface area contributed by atoms with E-state index in [1.165, 1.54) is 17.9 Å². The third kappa shape index (κ3) is 1.27. The molecular weight excluding hydrogens is 198 g/mol. The lowest BCUT2D eigenvalue weighted by Crippen LogP contribution is -2.01. The molecule has 0 saturated heterocycles. The first-order valence-corrected chi connectivity index (χ1v) is 5.11. The highest BCUT2D eigenvalue weighted by Gasteiger charge is 2.15. The molecular formula is C8H11N5S. The SMILES string of the molecule is CCn1ncnc1-c1c(C)nsc1N. The predicted molar refractivity (Wildman–Crippen MR) is 56.0 cm³/mol. The topological polar surface area (TPSA) is 69.6 Å². The zero-order chi connectivity index (χ0) is 10.1. The molecule has 0 aliphatic heterocycles. The molecule has 74 valence electrons. The fraction of sp³-hybridized carbons (Fsp3) is 0.375. The lowest BCUT2D eigenvalue weighted by molar-refractivity contribution is 0.666. The number of hydrogen-bond acceptors (Lipinski definition) is 5. The van der Waals surface area contributed by atoms with Crippen molar-refractivity contribution in [3.05, 3.63) is 12.0 Å². The van der Waals surface area contributed by atoms with Crippen LogP contribution in [0.1, 0.15) is 12.6 Å². The monoisotopic (exact) mass is 209 g/mol. The van der Waals surface area contributed by atoms with Gasteiger partial charge >= 0.3 is 0 Å². The molecule has 2 aromatic rings. The van der Waals surface area contributed by atoms with Gasteiger partial charge in [0, 0.05) is 6.54 Å². The maximum absolute atomic E-state index is 5.83. The fourth-order valence-corrected chi connectivity index (χ4v) is 2.01. The first kappa shape index (κ1) is 9.14. The van der Waals surface area contributed by atoms with Crippen molar-refractivity contribution < 1.29 is 0 Å². The second-order valence-electron chi connectivity index (χ2n) is 2.91. The smallest absolute Gasteiger partial charge is 0.162 e. The number of anilines is 1. The van der Waals surface area contributed by atoms with Gasteiger partial charge in [0.25, 0.3) is 0 Å². The molecule has 0 bridgehead atoms. The summed E-state index contributed by atoms with van der Waals surface area (Å²) >= 11 is 1.30. The minimum atomic E-state index is 0.699. The summed E-state index contributed by atoms with van der Waals surface area (Å²) in [7, 11) is 0. The summed E-state index contributed by atoms with van der Waals surface area (Å²) in [5.41, 5.74) is 7.65. The van der Waals surface area contributed by atoms with Crippen LogP contribution < -0.4 is 5.73 Å². The normalized spacial score (nSPS) is 10.7. The van der Waals surface area contributed by atoms with Gasteiger partial charge < -0.3 is 5.73 Å². The van der Waals surface area contributed by atoms with Crippen molar-refractivity contribution in [2.75, 3.05) is 5.73 Å². The Kier molecular flexibility index (Phi) is 2.20.